The third-order valence-corrected chi connectivity index (χ3v) is 2.65. The summed E-state index contributed by atoms with van der Waals surface area (Å²) in [6, 6.07) is 1.82. The van der Waals surface area contributed by atoms with Crippen LogP contribution in [0.3, 0.4) is 0 Å². The maximum Gasteiger partial charge on any atom is 0.218 e. The van der Waals surface area contributed by atoms with Crippen LogP contribution >= 0.6 is 0 Å². The first-order valence-corrected chi connectivity index (χ1v) is 5.92. The molecule has 0 spiro atoms. The van der Waals surface area contributed by atoms with E-state index in [0.29, 0.717) is 12.5 Å². The molecule has 1 aliphatic rings. The summed E-state index contributed by atoms with van der Waals surface area (Å²) >= 11 is 0. The molecule has 1 unspecified atom stereocenters. The molecule has 1 aliphatic heterocycles. The number of aromatic nitrogens is 2. The Labute approximate surface area is 102 Å². The molecule has 94 valence electrons. The van der Waals surface area contributed by atoms with E-state index in [0.717, 1.165) is 18.8 Å². The summed E-state index contributed by atoms with van der Waals surface area (Å²) in [5.74, 6) is 1.38. The average Bonchev–Trinajstić information content (AvgIpc) is 2.64. The fourth-order valence-electron chi connectivity index (χ4n) is 1.79. The summed E-state index contributed by atoms with van der Waals surface area (Å²) in [7, 11) is 0. The number of ether oxygens (including phenoxy) is 2. The van der Waals surface area contributed by atoms with Crippen LogP contribution in [0.25, 0.3) is 0 Å². The van der Waals surface area contributed by atoms with Gasteiger partial charge < -0.3 is 14.8 Å². The number of nitrogens with one attached hydrogen (secondary N) is 1. The van der Waals surface area contributed by atoms with Gasteiger partial charge >= 0.3 is 0 Å². The van der Waals surface area contributed by atoms with Crippen molar-refractivity contribution in [2.45, 2.75) is 38.8 Å². The van der Waals surface area contributed by atoms with Gasteiger partial charge in [0.25, 0.3) is 0 Å². The lowest BCUT2D eigenvalue weighted by atomic mass is 10.0. The van der Waals surface area contributed by atoms with Crippen molar-refractivity contribution in [3.63, 3.8) is 0 Å². The van der Waals surface area contributed by atoms with Gasteiger partial charge in [-0.3, -0.25) is 0 Å². The number of hydrogen-bond donors (Lipinski definition) is 1. The minimum atomic E-state index is -0.0382. The van der Waals surface area contributed by atoms with Crippen molar-refractivity contribution in [3.05, 3.63) is 12.4 Å². The highest BCUT2D eigenvalue weighted by Gasteiger charge is 2.29. The van der Waals surface area contributed by atoms with Crippen LogP contribution in [0, 0.1) is 0 Å². The van der Waals surface area contributed by atoms with Gasteiger partial charge in [-0.05, 0) is 27.2 Å². The molecular formula is C12H19N3O2. The molecule has 1 N–H and O–H groups in total. The lowest BCUT2D eigenvalue weighted by molar-refractivity contribution is 0.185. The molecule has 2 heterocycles. The topological polar surface area (TPSA) is 56.3 Å². The first-order valence-electron chi connectivity index (χ1n) is 5.92. The Morgan fingerprint density at radius 1 is 1.47 bits per heavy atom. The molecule has 1 atom stereocenters. The van der Waals surface area contributed by atoms with E-state index in [4.69, 9.17) is 9.47 Å². The van der Waals surface area contributed by atoms with Crippen molar-refractivity contribution < 1.29 is 9.47 Å². The quantitative estimate of drug-likeness (QED) is 0.866. The van der Waals surface area contributed by atoms with Gasteiger partial charge in [-0.2, -0.15) is 0 Å². The van der Waals surface area contributed by atoms with Gasteiger partial charge in [-0.25, -0.2) is 9.97 Å². The molecule has 0 saturated carbocycles. The molecule has 17 heavy (non-hydrogen) atoms. The molecule has 2 rings (SSSR count). The molecule has 1 fully saturated rings. The van der Waals surface area contributed by atoms with Gasteiger partial charge in [0, 0.05) is 12.7 Å². The SMILES string of the molecule is CC(C)Oc1cc(NC2(C)CCOC2)ncn1. The van der Waals surface area contributed by atoms with Gasteiger partial charge in [-0.1, -0.05) is 0 Å². The first-order chi connectivity index (χ1) is 8.07. The van der Waals surface area contributed by atoms with Crippen molar-refractivity contribution in [1.29, 1.82) is 0 Å². The summed E-state index contributed by atoms with van der Waals surface area (Å²) in [5.41, 5.74) is -0.0382. The fourth-order valence-corrected chi connectivity index (χ4v) is 1.79. The second-order valence-corrected chi connectivity index (χ2v) is 4.90. The van der Waals surface area contributed by atoms with E-state index in [2.05, 4.69) is 22.2 Å². The summed E-state index contributed by atoms with van der Waals surface area (Å²) < 4.78 is 10.9. The fraction of sp³-hybridized carbons (Fsp3) is 0.667. The minimum absolute atomic E-state index is 0.0382. The monoisotopic (exact) mass is 237 g/mol. The Morgan fingerprint density at radius 3 is 2.94 bits per heavy atom. The zero-order valence-corrected chi connectivity index (χ0v) is 10.6. The van der Waals surface area contributed by atoms with E-state index in [-0.39, 0.29) is 11.6 Å². The van der Waals surface area contributed by atoms with E-state index in [1.54, 1.807) is 0 Å². The first kappa shape index (κ1) is 12.1. The van der Waals surface area contributed by atoms with E-state index in [1.165, 1.54) is 6.33 Å². The smallest absolute Gasteiger partial charge is 0.218 e. The maximum atomic E-state index is 5.53. The van der Waals surface area contributed by atoms with Crippen molar-refractivity contribution in [3.8, 4) is 5.88 Å². The number of hydrogen-bond acceptors (Lipinski definition) is 5. The van der Waals surface area contributed by atoms with Crippen molar-refractivity contribution >= 4 is 5.82 Å². The van der Waals surface area contributed by atoms with Crippen molar-refractivity contribution in [1.82, 2.24) is 9.97 Å². The molecule has 0 bridgehead atoms. The highest BCUT2D eigenvalue weighted by Crippen LogP contribution is 2.23. The normalized spacial score (nSPS) is 24.0. The largest absolute Gasteiger partial charge is 0.475 e. The third kappa shape index (κ3) is 3.30. The van der Waals surface area contributed by atoms with Gasteiger partial charge in [0.05, 0.1) is 18.2 Å². The van der Waals surface area contributed by atoms with E-state index in [9.17, 15) is 0 Å². The standard InChI is InChI=1S/C12H19N3O2/c1-9(2)17-11-6-10(13-8-14-11)15-12(3)4-5-16-7-12/h6,8-9H,4-5,7H2,1-3H3,(H,13,14,15). The predicted molar refractivity (Wildman–Crippen MR) is 65.3 cm³/mol. The van der Waals surface area contributed by atoms with Crippen LogP contribution < -0.4 is 10.1 Å². The molecule has 0 aromatic carbocycles. The molecule has 5 heteroatoms. The summed E-state index contributed by atoms with van der Waals surface area (Å²) in [6.07, 6.45) is 2.61. The van der Waals surface area contributed by atoms with Gasteiger partial charge in [0.2, 0.25) is 5.88 Å². The second-order valence-electron chi connectivity index (χ2n) is 4.90. The van der Waals surface area contributed by atoms with Crippen molar-refractivity contribution in [2.24, 2.45) is 0 Å². The molecule has 1 aromatic heterocycles. The molecule has 0 amide bonds. The van der Waals surface area contributed by atoms with Crippen LogP contribution in [-0.2, 0) is 4.74 Å². The van der Waals surface area contributed by atoms with Gasteiger partial charge in [0.15, 0.2) is 0 Å². The van der Waals surface area contributed by atoms with E-state index >= 15 is 0 Å². The molecule has 5 nitrogen and oxygen atoms in total. The van der Waals surface area contributed by atoms with Crippen molar-refractivity contribution in [2.75, 3.05) is 18.5 Å². The van der Waals surface area contributed by atoms with Crippen LogP contribution in [0.5, 0.6) is 5.88 Å². The zero-order valence-electron chi connectivity index (χ0n) is 10.6. The average molecular weight is 237 g/mol. The van der Waals surface area contributed by atoms with Crippen LogP contribution in [-0.4, -0.2) is 34.8 Å². The summed E-state index contributed by atoms with van der Waals surface area (Å²) in [5, 5.41) is 3.37. The van der Waals surface area contributed by atoms with Crippen LogP contribution in [0.15, 0.2) is 12.4 Å². The lowest BCUT2D eigenvalue weighted by Gasteiger charge is -2.24. The lowest BCUT2D eigenvalue weighted by Crippen LogP contribution is -2.35. The number of nitrogens with zero attached hydrogens (tertiary/aromatic N) is 2. The van der Waals surface area contributed by atoms with Crippen LogP contribution in [0.4, 0.5) is 5.82 Å². The number of rotatable bonds is 4. The Bertz CT molecular complexity index is 376. The number of anilines is 1. The molecule has 0 radical (unpaired) electrons. The highest BCUT2D eigenvalue weighted by atomic mass is 16.5. The Kier molecular flexibility index (Phi) is 3.47. The van der Waals surface area contributed by atoms with Gasteiger partial charge in [0.1, 0.15) is 12.1 Å². The zero-order chi connectivity index (χ0) is 12.3. The van der Waals surface area contributed by atoms with Crippen LogP contribution in [0.2, 0.25) is 0 Å². The maximum absolute atomic E-state index is 5.53. The second kappa shape index (κ2) is 4.87. The van der Waals surface area contributed by atoms with Crippen LogP contribution in [0.1, 0.15) is 27.2 Å². The Morgan fingerprint density at radius 2 is 2.29 bits per heavy atom. The van der Waals surface area contributed by atoms with E-state index < -0.39 is 0 Å². The Hall–Kier alpha value is -1.36. The Balaban J connectivity index is 2.05. The summed E-state index contributed by atoms with van der Waals surface area (Å²) in [6.45, 7) is 7.58. The predicted octanol–water partition coefficient (Wildman–Crippen LogP) is 1.85. The molecular weight excluding hydrogens is 218 g/mol. The highest BCUT2D eigenvalue weighted by molar-refractivity contribution is 5.40. The molecule has 0 aliphatic carbocycles. The minimum Gasteiger partial charge on any atom is -0.475 e. The van der Waals surface area contributed by atoms with E-state index in [1.807, 2.05) is 19.9 Å². The van der Waals surface area contributed by atoms with Gasteiger partial charge in [-0.15, -0.1) is 0 Å². The third-order valence-electron chi connectivity index (χ3n) is 2.65. The summed E-state index contributed by atoms with van der Waals surface area (Å²) in [4.78, 5) is 8.27. The molecule has 1 saturated heterocycles. The molecule has 1 aromatic rings.